The van der Waals surface area contributed by atoms with E-state index in [1.165, 1.54) is 30.7 Å². The van der Waals surface area contributed by atoms with Crippen molar-refractivity contribution in [3.8, 4) is 0 Å². The monoisotopic (exact) mass is 449 g/mol. The van der Waals surface area contributed by atoms with Crippen LogP contribution in [0.5, 0.6) is 0 Å². The Labute approximate surface area is 189 Å². The second kappa shape index (κ2) is 9.44. The average Bonchev–Trinajstić information content (AvgIpc) is 3.33. The number of carbonyl (C=O) groups is 1. The van der Waals surface area contributed by atoms with Crippen molar-refractivity contribution in [2.45, 2.75) is 31.2 Å². The molecule has 166 valence electrons. The van der Waals surface area contributed by atoms with E-state index in [9.17, 15) is 13.2 Å². The van der Waals surface area contributed by atoms with Gasteiger partial charge in [-0.2, -0.15) is 0 Å². The van der Waals surface area contributed by atoms with E-state index in [1.807, 2.05) is 25.1 Å². The van der Waals surface area contributed by atoms with Gasteiger partial charge < -0.3 is 10.2 Å². The van der Waals surface area contributed by atoms with Crippen molar-refractivity contribution in [1.29, 1.82) is 0 Å². The van der Waals surface area contributed by atoms with Gasteiger partial charge in [-0.15, -0.1) is 0 Å². The highest BCUT2D eigenvalue weighted by Crippen LogP contribution is 2.21. The van der Waals surface area contributed by atoms with Crippen molar-refractivity contribution < 1.29 is 13.2 Å². The Morgan fingerprint density at radius 3 is 2.38 bits per heavy atom. The third kappa shape index (κ3) is 5.29. The highest BCUT2D eigenvalue weighted by molar-refractivity contribution is 7.92. The number of hydrogen-bond donors (Lipinski definition) is 2. The Balaban J connectivity index is 1.40. The first kappa shape index (κ1) is 21.9. The van der Waals surface area contributed by atoms with Crippen LogP contribution in [0.3, 0.4) is 0 Å². The molecule has 0 aromatic heterocycles. The minimum absolute atomic E-state index is 0.0432. The van der Waals surface area contributed by atoms with Crippen LogP contribution in [0.15, 0.2) is 77.7 Å². The van der Waals surface area contributed by atoms with Crippen LogP contribution in [-0.4, -0.2) is 27.4 Å². The van der Waals surface area contributed by atoms with Gasteiger partial charge in [0.25, 0.3) is 15.9 Å². The molecule has 0 radical (unpaired) electrons. The molecule has 7 heteroatoms. The second-order valence-electron chi connectivity index (χ2n) is 8.05. The zero-order chi connectivity index (χ0) is 22.6. The van der Waals surface area contributed by atoms with E-state index in [0.29, 0.717) is 17.8 Å². The van der Waals surface area contributed by atoms with Crippen LogP contribution in [0.4, 0.5) is 11.4 Å². The fraction of sp³-hybridized carbons (Fsp3) is 0.240. The molecule has 1 heterocycles. The molecule has 0 atom stereocenters. The van der Waals surface area contributed by atoms with Gasteiger partial charge in [0.05, 0.1) is 4.90 Å². The van der Waals surface area contributed by atoms with Crippen LogP contribution in [-0.2, 0) is 16.6 Å². The van der Waals surface area contributed by atoms with Crippen molar-refractivity contribution >= 4 is 27.3 Å². The maximum atomic E-state index is 12.8. The number of aryl methyl sites for hydroxylation is 1. The first-order valence-electron chi connectivity index (χ1n) is 10.7. The lowest BCUT2D eigenvalue weighted by Gasteiger charge is -2.17. The standard InChI is InChI=1S/C25H27N3O3S/c1-19-6-4-8-22(16-19)27-32(30,31)24-9-5-7-21(17-24)25(29)26-18-20-10-12-23(13-11-20)28-14-2-3-15-28/h4-13,16-17,27H,2-3,14-15,18H2,1H3,(H,26,29). The van der Waals surface area contributed by atoms with Crippen molar-refractivity contribution in [3.05, 3.63) is 89.5 Å². The molecule has 0 spiro atoms. The fourth-order valence-electron chi connectivity index (χ4n) is 3.81. The lowest BCUT2D eigenvalue weighted by atomic mass is 10.1. The van der Waals surface area contributed by atoms with Crippen LogP contribution in [0.25, 0.3) is 0 Å². The van der Waals surface area contributed by atoms with Crippen LogP contribution in [0.2, 0.25) is 0 Å². The van der Waals surface area contributed by atoms with Gasteiger partial charge in [-0.05, 0) is 73.4 Å². The molecule has 32 heavy (non-hydrogen) atoms. The minimum Gasteiger partial charge on any atom is -0.372 e. The highest BCUT2D eigenvalue weighted by atomic mass is 32.2. The van der Waals surface area contributed by atoms with Crippen LogP contribution < -0.4 is 14.9 Å². The maximum absolute atomic E-state index is 12.8. The highest BCUT2D eigenvalue weighted by Gasteiger charge is 2.17. The predicted octanol–water partition coefficient (Wildman–Crippen LogP) is 4.33. The van der Waals surface area contributed by atoms with Gasteiger partial charge in [-0.3, -0.25) is 9.52 Å². The van der Waals surface area contributed by atoms with Gasteiger partial charge in [-0.1, -0.05) is 30.3 Å². The third-order valence-electron chi connectivity index (χ3n) is 5.54. The number of nitrogens with one attached hydrogen (secondary N) is 2. The molecule has 2 N–H and O–H groups in total. The summed E-state index contributed by atoms with van der Waals surface area (Å²) in [5, 5.41) is 2.87. The summed E-state index contributed by atoms with van der Waals surface area (Å²) in [6, 6.07) is 21.4. The van der Waals surface area contributed by atoms with Crippen LogP contribution >= 0.6 is 0 Å². The molecule has 3 aromatic rings. The number of nitrogens with zero attached hydrogens (tertiary/aromatic N) is 1. The summed E-state index contributed by atoms with van der Waals surface area (Å²) >= 11 is 0. The number of rotatable bonds is 7. The summed E-state index contributed by atoms with van der Waals surface area (Å²) in [5.41, 5.74) is 3.93. The van der Waals surface area contributed by atoms with Crippen molar-refractivity contribution in [3.63, 3.8) is 0 Å². The summed E-state index contributed by atoms with van der Waals surface area (Å²) in [6.07, 6.45) is 2.46. The molecule has 1 aliphatic heterocycles. The van der Waals surface area contributed by atoms with Crippen molar-refractivity contribution in [2.75, 3.05) is 22.7 Å². The smallest absolute Gasteiger partial charge is 0.261 e. The average molecular weight is 450 g/mol. The third-order valence-corrected chi connectivity index (χ3v) is 6.92. The van der Waals surface area contributed by atoms with Gasteiger partial charge in [0.2, 0.25) is 0 Å². The molecular formula is C25H27N3O3S. The lowest BCUT2D eigenvalue weighted by Crippen LogP contribution is -2.23. The molecule has 1 amide bonds. The fourth-order valence-corrected chi connectivity index (χ4v) is 4.91. The quantitative estimate of drug-likeness (QED) is 0.563. The predicted molar refractivity (Wildman–Crippen MR) is 127 cm³/mol. The van der Waals surface area contributed by atoms with E-state index in [1.54, 1.807) is 30.3 Å². The second-order valence-corrected chi connectivity index (χ2v) is 9.73. The molecular weight excluding hydrogens is 422 g/mol. The molecule has 1 saturated heterocycles. The Bertz CT molecular complexity index is 1200. The minimum atomic E-state index is -3.80. The zero-order valence-electron chi connectivity index (χ0n) is 18.0. The number of carbonyl (C=O) groups excluding carboxylic acids is 1. The van der Waals surface area contributed by atoms with E-state index in [2.05, 4.69) is 27.1 Å². The van der Waals surface area contributed by atoms with E-state index in [4.69, 9.17) is 0 Å². The van der Waals surface area contributed by atoms with Gasteiger partial charge in [0, 0.05) is 36.6 Å². The molecule has 3 aromatic carbocycles. The molecule has 0 unspecified atom stereocenters. The van der Waals surface area contributed by atoms with Crippen LogP contribution in [0, 0.1) is 6.92 Å². The number of hydrogen-bond acceptors (Lipinski definition) is 4. The lowest BCUT2D eigenvalue weighted by molar-refractivity contribution is 0.0950. The summed E-state index contributed by atoms with van der Waals surface area (Å²) < 4.78 is 28.1. The maximum Gasteiger partial charge on any atom is 0.261 e. The molecule has 0 saturated carbocycles. The summed E-state index contributed by atoms with van der Waals surface area (Å²) in [6.45, 7) is 4.45. The van der Waals surface area contributed by atoms with E-state index in [0.717, 1.165) is 24.2 Å². The Morgan fingerprint density at radius 2 is 1.66 bits per heavy atom. The first-order chi connectivity index (χ1) is 15.4. The number of sulfonamides is 1. The zero-order valence-corrected chi connectivity index (χ0v) is 18.9. The van der Waals surface area contributed by atoms with Crippen molar-refractivity contribution in [1.82, 2.24) is 5.32 Å². The molecule has 0 aliphatic carbocycles. The first-order valence-corrected chi connectivity index (χ1v) is 12.2. The van der Waals surface area contributed by atoms with E-state index >= 15 is 0 Å². The molecule has 1 fully saturated rings. The normalized spacial score (nSPS) is 13.7. The topological polar surface area (TPSA) is 78.5 Å². The van der Waals surface area contributed by atoms with E-state index < -0.39 is 10.0 Å². The molecule has 4 rings (SSSR count). The summed E-state index contributed by atoms with van der Waals surface area (Å²) in [7, 11) is -3.80. The summed E-state index contributed by atoms with van der Waals surface area (Å²) in [5.74, 6) is -0.318. The van der Waals surface area contributed by atoms with Gasteiger partial charge in [-0.25, -0.2) is 8.42 Å². The summed E-state index contributed by atoms with van der Waals surface area (Å²) in [4.78, 5) is 15.0. The molecule has 6 nitrogen and oxygen atoms in total. The number of amides is 1. The van der Waals surface area contributed by atoms with Gasteiger partial charge in [0.15, 0.2) is 0 Å². The largest absolute Gasteiger partial charge is 0.372 e. The SMILES string of the molecule is Cc1cccc(NS(=O)(=O)c2cccc(C(=O)NCc3ccc(N4CCCC4)cc3)c2)c1. The van der Waals surface area contributed by atoms with Gasteiger partial charge in [0.1, 0.15) is 0 Å². The Hall–Kier alpha value is -3.32. The Kier molecular flexibility index (Phi) is 6.46. The van der Waals surface area contributed by atoms with E-state index in [-0.39, 0.29) is 10.8 Å². The molecule has 0 bridgehead atoms. The Morgan fingerprint density at radius 1 is 0.938 bits per heavy atom. The number of benzene rings is 3. The van der Waals surface area contributed by atoms with Crippen LogP contribution in [0.1, 0.15) is 34.3 Å². The van der Waals surface area contributed by atoms with Crippen molar-refractivity contribution in [2.24, 2.45) is 0 Å². The molecule has 1 aliphatic rings. The number of anilines is 2. The van der Waals surface area contributed by atoms with Gasteiger partial charge >= 0.3 is 0 Å².